The molecule has 0 bridgehead atoms. The Bertz CT molecular complexity index is 677. The van der Waals surface area contributed by atoms with E-state index in [4.69, 9.17) is 11.6 Å². The van der Waals surface area contributed by atoms with Gasteiger partial charge in [0.25, 0.3) is 0 Å². The van der Waals surface area contributed by atoms with E-state index in [1.54, 1.807) is 23.5 Å². The monoisotopic (exact) mass is 289 g/mol. The molecule has 0 amide bonds. The number of para-hydroxylation sites is 1. The number of aromatic nitrogens is 1. The van der Waals surface area contributed by atoms with Gasteiger partial charge in [-0.05, 0) is 29.8 Å². The largest absolute Gasteiger partial charge is 0.388 e. The molecule has 0 saturated heterocycles. The van der Waals surface area contributed by atoms with Gasteiger partial charge in [0.15, 0.2) is 0 Å². The molecule has 3 aromatic rings. The van der Waals surface area contributed by atoms with Gasteiger partial charge in [-0.1, -0.05) is 35.9 Å². The number of rotatable bonds is 3. The summed E-state index contributed by atoms with van der Waals surface area (Å²) in [6, 6.07) is 15.3. The Hall–Kier alpha value is -1.42. The normalized spacial score (nSPS) is 12.7. The highest BCUT2D eigenvalue weighted by Gasteiger charge is 2.12. The van der Waals surface area contributed by atoms with E-state index in [0.717, 1.165) is 20.8 Å². The zero-order valence-electron chi connectivity index (χ0n) is 10.1. The molecule has 1 N–H and O–H groups in total. The maximum atomic E-state index is 10.2. The summed E-state index contributed by atoms with van der Waals surface area (Å²) in [7, 11) is 0. The summed E-state index contributed by atoms with van der Waals surface area (Å²) in [5.74, 6) is 0. The van der Waals surface area contributed by atoms with E-state index < -0.39 is 6.10 Å². The quantitative estimate of drug-likeness (QED) is 0.783. The zero-order chi connectivity index (χ0) is 13.2. The van der Waals surface area contributed by atoms with Gasteiger partial charge < -0.3 is 5.11 Å². The fourth-order valence-corrected chi connectivity index (χ4v) is 3.21. The molecule has 2 nitrogen and oxygen atoms in total. The molecule has 1 aromatic heterocycles. The molecule has 4 heteroatoms. The van der Waals surface area contributed by atoms with Crippen molar-refractivity contribution in [3.8, 4) is 0 Å². The molecule has 0 fully saturated rings. The summed E-state index contributed by atoms with van der Waals surface area (Å²) >= 11 is 7.55. The van der Waals surface area contributed by atoms with Crippen LogP contribution in [0.2, 0.25) is 5.02 Å². The van der Waals surface area contributed by atoms with Crippen LogP contribution in [0.3, 0.4) is 0 Å². The number of aliphatic hydroxyl groups excluding tert-OH is 1. The van der Waals surface area contributed by atoms with Gasteiger partial charge in [-0.15, -0.1) is 11.3 Å². The van der Waals surface area contributed by atoms with Crippen molar-refractivity contribution in [2.75, 3.05) is 0 Å². The summed E-state index contributed by atoms with van der Waals surface area (Å²) in [6.45, 7) is 0. The molecule has 1 unspecified atom stereocenters. The van der Waals surface area contributed by atoms with Crippen molar-refractivity contribution in [3.05, 3.63) is 64.1 Å². The van der Waals surface area contributed by atoms with E-state index in [9.17, 15) is 5.11 Å². The van der Waals surface area contributed by atoms with Crippen LogP contribution in [0.4, 0.5) is 0 Å². The van der Waals surface area contributed by atoms with Gasteiger partial charge in [0.05, 0.1) is 21.3 Å². The molecule has 0 aliphatic heterocycles. The van der Waals surface area contributed by atoms with Gasteiger partial charge in [0.1, 0.15) is 0 Å². The Morgan fingerprint density at radius 1 is 1.16 bits per heavy atom. The summed E-state index contributed by atoms with van der Waals surface area (Å²) in [5, 5.41) is 11.8. The maximum absolute atomic E-state index is 10.2. The van der Waals surface area contributed by atoms with E-state index in [1.807, 2.05) is 36.4 Å². The third kappa shape index (κ3) is 2.78. The predicted octanol–water partition coefficient (Wildman–Crippen LogP) is 4.23. The molecular formula is C15H12ClNOS. The van der Waals surface area contributed by atoms with Crippen molar-refractivity contribution in [1.82, 2.24) is 4.98 Å². The van der Waals surface area contributed by atoms with Crippen LogP contribution >= 0.6 is 22.9 Å². The lowest BCUT2D eigenvalue weighted by Gasteiger charge is -2.09. The topological polar surface area (TPSA) is 33.1 Å². The van der Waals surface area contributed by atoms with Crippen LogP contribution in [0.15, 0.2) is 48.5 Å². The van der Waals surface area contributed by atoms with E-state index in [1.165, 1.54) is 0 Å². The average Bonchev–Trinajstić information content (AvgIpc) is 2.80. The Balaban J connectivity index is 1.84. The van der Waals surface area contributed by atoms with Crippen LogP contribution in [0.5, 0.6) is 0 Å². The van der Waals surface area contributed by atoms with Gasteiger partial charge in [-0.3, -0.25) is 0 Å². The zero-order valence-corrected chi connectivity index (χ0v) is 11.7. The Morgan fingerprint density at radius 2 is 2.00 bits per heavy atom. The standard InChI is InChI=1S/C15H12ClNOS/c16-11-5-3-4-10(8-11)13(18)9-15-17-12-6-1-2-7-14(12)19-15/h1-8,13,18H,9H2. The molecule has 0 aliphatic carbocycles. The third-order valence-corrected chi connectivity index (χ3v) is 4.23. The first-order valence-corrected chi connectivity index (χ1v) is 7.20. The second-order valence-corrected chi connectivity index (χ2v) is 5.90. The molecule has 0 saturated carbocycles. The van der Waals surface area contributed by atoms with Crippen LogP contribution in [-0.4, -0.2) is 10.1 Å². The number of halogens is 1. The first kappa shape index (κ1) is 12.6. The van der Waals surface area contributed by atoms with Gasteiger partial charge >= 0.3 is 0 Å². The van der Waals surface area contributed by atoms with Crippen molar-refractivity contribution in [2.45, 2.75) is 12.5 Å². The number of benzene rings is 2. The first-order valence-electron chi connectivity index (χ1n) is 6.00. The number of hydrogen-bond donors (Lipinski definition) is 1. The third-order valence-electron chi connectivity index (χ3n) is 2.94. The Kier molecular flexibility index (Phi) is 3.51. The molecule has 0 radical (unpaired) electrons. The summed E-state index contributed by atoms with van der Waals surface area (Å²) < 4.78 is 1.15. The number of thiazole rings is 1. The maximum Gasteiger partial charge on any atom is 0.0967 e. The molecule has 3 rings (SSSR count). The summed E-state index contributed by atoms with van der Waals surface area (Å²) in [5.41, 5.74) is 1.81. The second kappa shape index (κ2) is 5.29. The first-order chi connectivity index (χ1) is 9.22. The predicted molar refractivity (Wildman–Crippen MR) is 79.7 cm³/mol. The van der Waals surface area contributed by atoms with Crippen LogP contribution < -0.4 is 0 Å². The number of nitrogens with zero attached hydrogens (tertiary/aromatic N) is 1. The lowest BCUT2D eigenvalue weighted by Crippen LogP contribution is -2.01. The van der Waals surface area contributed by atoms with Crippen molar-refractivity contribution >= 4 is 33.2 Å². The van der Waals surface area contributed by atoms with Crippen LogP contribution in [-0.2, 0) is 6.42 Å². The highest BCUT2D eigenvalue weighted by Crippen LogP contribution is 2.26. The SMILES string of the molecule is OC(Cc1nc2ccccc2s1)c1cccc(Cl)c1. The summed E-state index contributed by atoms with van der Waals surface area (Å²) in [6.07, 6.45) is -0.0565. The van der Waals surface area contributed by atoms with Crippen LogP contribution in [0, 0.1) is 0 Å². The van der Waals surface area contributed by atoms with E-state index >= 15 is 0 Å². The minimum Gasteiger partial charge on any atom is -0.388 e. The summed E-state index contributed by atoms with van der Waals surface area (Å²) in [4.78, 5) is 4.53. The van der Waals surface area contributed by atoms with Gasteiger partial charge in [0.2, 0.25) is 0 Å². The van der Waals surface area contributed by atoms with Crippen LogP contribution in [0.25, 0.3) is 10.2 Å². The number of hydrogen-bond acceptors (Lipinski definition) is 3. The molecule has 96 valence electrons. The second-order valence-electron chi connectivity index (χ2n) is 4.35. The van der Waals surface area contributed by atoms with Crippen molar-refractivity contribution in [2.24, 2.45) is 0 Å². The Labute approximate surface area is 120 Å². The van der Waals surface area contributed by atoms with Gasteiger partial charge in [0, 0.05) is 11.4 Å². The molecule has 2 aromatic carbocycles. The average molecular weight is 290 g/mol. The van der Waals surface area contributed by atoms with E-state index in [-0.39, 0.29) is 0 Å². The van der Waals surface area contributed by atoms with Crippen molar-refractivity contribution in [1.29, 1.82) is 0 Å². The fourth-order valence-electron chi connectivity index (χ4n) is 2.00. The smallest absolute Gasteiger partial charge is 0.0967 e. The lowest BCUT2D eigenvalue weighted by atomic mass is 10.1. The van der Waals surface area contributed by atoms with Crippen LogP contribution in [0.1, 0.15) is 16.7 Å². The Morgan fingerprint density at radius 3 is 2.79 bits per heavy atom. The molecule has 1 heterocycles. The molecule has 19 heavy (non-hydrogen) atoms. The fraction of sp³-hybridized carbons (Fsp3) is 0.133. The minimum absolute atomic E-state index is 0.514. The van der Waals surface area contributed by atoms with Gasteiger partial charge in [-0.25, -0.2) is 4.98 Å². The minimum atomic E-state index is -0.570. The lowest BCUT2D eigenvalue weighted by molar-refractivity contribution is 0.178. The van der Waals surface area contributed by atoms with Gasteiger partial charge in [-0.2, -0.15) is 0 Å². The molecule has 1 atom stereocenters. The van der Waals surface area contributed by atoms with Crippen molar-refractivity contribution in [3.63, 3.8) is 0 Å². The number of aliphatic hydroxyl groups is 1. The highest BCUT2D eigenvalue weighted by molar-refractivity contribution is 7.18. The van der Waals surface area contributed by atoms with Crippen molar-refractivity contribution < 1.29 is 5.11 Å². The van der Waals surface area contributed by atoms with E-state index in [2.05, 4.69) is 4.98 Å². The molecule has 0 aliphatic rings. The van der Waals surface area contributed by atoms with E-state index in [0.29, 0.717) is 11.4 Å². The molecule has 0 spiro atoms. The molecular weight excluding hydrogens is 278 g/mol. The highest BCUT2D eigenvalue weighted by atomic mass is 35.5. The number of fused-ring (bicyclic) bond motifs is 1.